The first-order valence-corrected chi connectivity index (χ1v) is 14.5. The number of hydrogen-bond acceptors (Lipinski definition) is 8. The fourth-order valence-corrected chi connectivity index (χ4v) is 6.35. The predicted octanol–water partition coefficient (Wildman–Crippen LogP) is 5.59. The number of aromatic nitrogens is 3. The zero-order chi connectivity index (χ0) is 30.6. The molecule has 0 saturated carbocycles. The molecule has 9 nitrogen and oxygen atoms in total. The number of carbonyl (C=O) groups is 1. The third-order valence-corrected chi connectivity index (χ3v) is 8.83. The lowest BCUT2D eigenvalue weighted by Gasteiger charge is -2.42. The highest BCUT2D eigenvalue weighted by Gasteiger charge is 2.47. The number of nitrogens with one attached hydrogen (secondary N) is 1. The molecule has 2 atom stereocenters. The Morgan fingerprint density at radius 1 is 1.21 bits per heavy atom. The Bertz CT molecular complexity index is 1650. The standard InChI is InChI=1S/C30H26ClF2N5O4S/c1-19(29(40,16-38-18-35-17-36-38)25-10-8-23(32)13-27(25)33)43-30(41-11-2-12-42-30)22-6-3-20(4-7-22)28(39)37-24-9-5-21(15-34)26(31)14-24/h3-10,13-14,17-19,40H,2,11-12,16H2,1H3,(H,37,39). The lowest BCUT2D eigenvalue weighted by atomic mass is 9.90. The van der Waals surface area contributed by atoms with Crippen molar-refractivity contribution in [1.29, 1.82) is 5.26 Å². The van der Waals surface area contributed by atoms with Crippen LogP contribution in [0.25, 0.3) is 0 Å². The minimum Gasteiger partial charge on any atom is -0.382 e. The van der Waals surface area contributed by atoms with Gasteiger partial charge in [-0.25, -0.2) is 18.4 Å². The van der Waals surface area contributed by atoms with Crippen LogP contribution in [-0.4, -0.2) is 44.2 Å². The molecule has 0 radical (unpaired) electrons. The number of thioether (sulfide) groups is 1. The van der Waals surface area contributed by atoms with Gasteiger partial charge in [-0.1, -0.05) is 41.6 Å². The van der Waals surface area contributed by atoms with Crippen LogP contribution in [0.5, 0.6) is 0 Å². The molecule has 0 spiro atoms. The topological polar surface area (TPSA) is 122 Å². The number of nitriles is 1. The van der Waals surface area contributed by atoms with Gasteiger partial charge in [0.2, 0.25) is 5.12 Å². The van der Waals surface area contributed by atoms with Gasteiger partial charge in [-0.05, 0) is 49.7 Å². The number of nitrogens with zero attached hydrogens (tertiary/aromatic N) is 4. The van der Waals surface area contributed by atoms with Crippen molar-refractivity contribution in [2.75, 3.05) is 18.5 Å². The molecule has 5 rings (SSSR count). The van der Waals surface area contributed by atoms with Crippen LogP contribution < -0.4 is 5.32 Å². The molecule has 2 heterocycles. The van der Waals surface area contributed by atoms with Crippen molar-refractivity contribution < 1.29 is 28.2 Å². The van der Waals surface area contributed by atoms with Crippen molar-refractivity contribution in [2.45, 2.75) is 35.9 Å². The third-order valence-electron chi connectivity index (χ3n) is 6.99. The first-order chi connectivity index (χ1) is 20.6. The van der Waals surface area contributed by atoms with E-state index in [0.29, 0.717) is 42.0 Å². The normalized spacial score (nSPS) is 16.6. The summed E-state index contributed by atoms with van der Waals surface area (Å²) in [5.74, 6) is -2.08. The third kappa shape index (κ3) is 6.56. The van der Waals surface area contributed by atoms with Crippen LogP contribution in [0.3, 0.4) is 0 Å². The Morgan fingerprint density at radius 2 is 1.95 bits per heavy atom. The minimum atomic E-state index is -1.89. The average molecular weight is 626 g/mol. The second-order valence-electron chi connectivity index (χ2n) is 9.85. The van der Waals surface area contributed by atoms with E-state index < -0.39 is 33.5 Å². The number of hydrogen-bond donors (Lipinski definition) is 2. The van der Waals surface area contributed by atoms with E-state index in [1.165, 1.54) is 35.5 Å². The summed E-state index contributed by atoms with van der Waals surface area (Å²) in [6.45, 7) is 2.22. The number of rotatable bonds is 9. The smallest absolute Gasteiger partial charge is 0.255 e. The van der Waals surface area contributed by atoms with Gasteiger partial charge < -0.3 is 19.9 Å². The number of halogens is 3. The molecule has 0 aliphatic carbocycles. The van der Waals surface area contributed by atoms with E-state index in [9.17, 15) is 14.3 Å². The number of ether oxygens (including phenoxy) is 2. The van der Waals surface area contributed by atoms with E-state index in [0.717, 1.165) is 23.9 Å². The Balaban J connectivity index is 1.42. The maximum absolute atomic E-state index is 15.1. The van der Waals surface area contributed by atoms with Crippen molar-refractivity contribution >= 4 is 35.0 Å². The van der Waals surface area contributed by atoms with Crippen LogP contribution in [0.2, 0.25) is 5.02 Å². The highest BCUT2D eigenvalue weighted by molar-refractivity contribution is 8.00. The molecule has 222 valence electrons. The molecule has 4 aromatic rings. The molecule has 43 heavy (non-hydrogen) atoms. The molecule has 2 unspecified atom stereocenters. The molecule has 3 aromatic carbocycles. The predicted molar refractivity (Wildman–Crippen MR) is 156 cm³/mol. The number of benzene rings is 3. The number of aliphatic hydroxyl groups is 1. The molecular weight excluding hydrogens is 600 g/mol. The van der Waals surface area contributed by atoms with Crippen LogP contribution in [0.15, 0.2) is 73.3 Å². The molecular formula is C30H26ClF2N5O4S. The maximum Gasteiger partial charge on any atom is 0.255 e. The molecule has 1 aromatic heterocycles. The molecule has 1 aliphatic rings. The molecule has 0 bridgehead atoms. The zero-order valence-electron chi connectivity index (χ0n) is 22.8. The Kier molecular flexibility index (Phi) is 9.10. The van der Waals surface area contributed by atoms with Gasteiger partial charge in [0.05, 0.1) is 30.3 Å². The lowest BCUT2D eigenvalue weighted by molar-refractivity contribution is -0.213. The summed E-state index contributed by atoms with van der Waals surface area (Å²) in [5, 5.41) is 25.9. The molecule has 1 saturated heterocycles. The summed E-state index contributed by atoms with van der Waals surface area (Å²) >= 11 is 7.20. The summed E-state index contributed by atoms with van der Waals surface area (Å²) in [4.78, 5) is 16.8. The van der Waals surface area contributed by atoms with Crippen LogP contribution >= 0.6 is 23.4 Å². The highest BCUT2D eigenvalue weighted by Crippen LogP contribution is 2.48. The van der Waals surface area contributed by atoms with Crippen LogP contribution in [-0.2, 0) is 26.7 Å². The van der Waals surface area contributed by atoms with Crippen LogP contribution in [0, 0.1) is 23.0 Å². The van der Waals surface area contributed by atoms with E-state index in [-0.39, 0.29) is 17.1 Å². The number of carbonyl (C=O) groups excluding carboxylic acids is 1. The van der Waals surface area contributed by atoms with E-state index in [1.807, 2.05) is 6.07 Å². The monoisotopic (exact) mass is 625 g/mol. The molecule has 2 N–H and O–H groups in total. The SMILES string of the molecule is CC(SC1(c2ccc(C(=O)Nc3ccc(C#N)c(Cl)c3)cc2)OCCCO1)C(O)(Cn1cncn1)c1ccc(F)cc1F. The molecule has 13 heteroatoms. The van der Waals surface area contributed by atoms with Crippen molar-refractivity contribution in [3.05, 3.63) is 112 Å². The summed E-state index contributed by atoms with van der Waals surface area (Å²) in [6.07, 6.45) is 3.32. The van der Waals surface area contributed by atoms with Gasteiger partial charge >= 0.3 is 0 Å². The van der Waals surface area contributed by atoms with Gasteiger partial charge in [0.1, 0.15) is 36.0 Å². The van der Waals surface area contributed by atoms with Crippen LogP contribution in [0.4, 0.5) is 14.5 Å². The summed E-state index contributed by atoms with van der Waals surface area (Å²) < 4.78 is 42.6. The van der Waals surface area contributed by atoms with Crippen molar-refractivity contribution in [3.63, 3.8) is 0 Å². The summed E-state index contributed by atoms with van der Waals surface area (Å²) in [7, 11) is 0. The van der Waals surface area contributed by atoms with Crippen LogP contribution in [0.1, 0.15) is 40.4 Å². The van der Waals surface area contributed by atoms with Gasteiger partial charge in [0.25, 0.3) is 5.91 Å². The Morgan fingerprint density at radius 3 is 2.58 bits per heavy atom. The van der Waals surface area contributed by atoms with Crippen molar-refractivity contribution in [2.24, 2.45) is 0 Å². The second kappa shape index (κ2) is 12.8. The largest absolute Gasteiger partial charge is 0.382 e. The van der Waals surface area contributed by atoms with Crippen molar-refractivity contribution in [3.8, 4) is 6.07 Å². The van der Waals surface area contributed by atoms with Gasteiger partial charge in [-0.2, -0.15) is 10.4 Å². The fraction of sp³-hybridized carbons (Fsp3) is 0.267. The van der Waals surface area contributed by atoms with E-state index in [2.05, 4.69) is 15.4 Å². The first-order valence-electron chi connectivity index (χ1n) is 13.2. The summed E-state index contributed by atoms with van der Waals surface area (Å²) in [5.41, 5.74) is -0.393. The van der Waals surface area contributed by atoms with Gasteiger partial charge in [-0.3, -0.25) is 4.79 Å². The minimum absolute atomic E-state index is 0.120. The lowest BCUT2D eigenvalue weighted by Crippen LogP contribution is -2.45. The van der Waals surface area contributed by atoms with E-state index in [4.69, 9.17) is 26.3 Å². The zero-order valence-corrected chi connectivity index (χ0v) is 24.4. The fourth-order valence-electron chi connectivity index (χ4n) is 4.69. The van der Waals surface area contributed by atoms with Gasteiger partial charge in [0.15, 0.2) is 0 Å². The Hall–Kier alpha value is -3.86. The van der Waals surface area contributed by atoms with Gasteiger partial charge in [0, 0.05) is 33.7 Å². The second-order valence-corrected chi connectivity index (χ2v) is 11.7. The molecule has 1 fully saturated rings. The van der Waals surface area contributed by atoms with E-state index >= 15 is 4.39 Å². The molecule has 1 amide bonds. The Labute approximate surface area is 255 Å². The van der Waals surface area contributed by atoms with E-state index in [1.54, 1.807) is 37.3 Å². The van der Waals surface area contributed by atoms with Gasteiger partial charge in [-0.15, -0.1) is 0 Å². The average Bonchev–Trinajstić information content (AvgIpc) is 3.50. The number of amides is 1. The molecule has 1 aliphatic heterocycles. The quantitative estimate of drug-likeness (QED) is 0.247. The number of anilines is 1. The van der Waals surface area contributed by atoms with Crippen molar-refractivity contribution in [1.82, 2.24) is 14.8 Å². The highest BCUT2D eigenvalue weighted by atomic mass is 35.5. The first kappa shape index (κ1) is 30.6. The summed E-state index contributed by atoms with van der Waals surface area (Å²) in [6, 6.07) is 16.1. The maximum atomic E-state index is 15.1.